The molecule has 2 nitrogen and oxygen atoms in total. The third-order valence-corrected chi connectivity index (χ3v) is 3.91. The predicted octanol–water partition coefficient (Wildman–Crippen LogP) is 3.68. The van der Waals surface area contributed by atoms with Crippen molar-refractivity contribution < 1.29 is 5.11 Å². The Bertz CT molecular complexity index is 341. The van der Waals surface area contributed by atoms with E-state index in [-0.39, 0.29) is 0 Å². The van der Waals surface area contributed by atoms with Gasteiger partial charge >= 0.3 is 0 Å². The molecule has 0 radical (unpaired) electrons. The number of phenols is 1. The first-order chi connectivity index (χ1) is 7.54. The van der Waals surface area contributed by atoms with Crippen LogP contribution in [0.2, 0.25) is 0 Å². The summed E-state index contributed by atoms with van der Waals surface area (Å²) in [6, 6.07) is 5.84. The summed E-state index contributed by atoms with van der Waals surface area (Å²) in [6.07, 6.45) is 1.18. The van der Waals surface area contributed by atoms with E-state index >= 15 is 0 Å². The van der Waals surface area contributed by atoms with Crippen molar-refractivity contribution in [1.82, 2.24) is 5.32 Å². The largest absolute Gasteiger partial charge is 0.508 e. The summed E-state index contributed by atoms with van der Waals surface area (Å²) in [4.78, 5) is 0. The van der Waals surface area contributed by atoms with Gasteiger partial charge in [-0.2, -0.15) is 0 Å². The molecule has 0 saturated carbocycles. The van der Waals surface area contributed by atoms with Gasteiger partial charge in [0.15, 0.2) is 0 Å². The van der Waals surface area contributed by atoms with Crippen molar-refractivity contribution in [2.45, 2.75) is 39.8 Å². The van der Waals surface area contributed by atoms with Crippen molar-refractivity contribution in [1.29, 1.82) is 0 Å². The lowest BCUT2D eigenvalue weighted by Crippen LogP contribution is -2.31. The van der Waals surface area contributed by atoms with Gasteiger partial charge in [0.1, 0.15) is 5.75 Å². The number of halogens is 1. The van der Waals surface area contributed by atoms with E-state index in [1.54, 1.807) is 12.1 Å². The minimum absolute atomic E-state index is 0.316. The van der Waals surface area contributed by atoms with Crippen LogP contribution in [-0.2, 0) is 6.54 Å². The van der Waals surface area contributed by atoms with E-state index in [0.717, 1.165) is 16.6 Å². The van der Waals surface area contributed by atoms with E-state index in [2.05, 4.69) is 42.0 Å². The highest BCUT2D eigenvalue weighted by atomic mass is 79.9. The van der Waals surface area contributed by atoms with E-state index in [4.69, 9.17) is 0 Å². The average Bonchev–Trinajstić information content (AvgIpc) is 2.28. The number of phenolic OH excluding ortho intramolecular Hbond substituents is 1. The first-order valence-corrected chi connectivity index (χ1v) is 6.54. The molecule has 3 heteroatoms. The monoisotopic (exact) mass is 285 g/mol. The lowest BCUT2D eigenvalue weighted by atomic mass is 10.0. The van der Waals surface area contributed by atoms with Crippen molar-refractivity contribution in [2.75, 3.05) is 0 Å². The first-order valence-electron chi connectivity index (χ1n) is 5.75. The topological polar surface area (TPSA) is 32.3 Å². The molecule has 0 heterocycles. The molecule has 0 fully saturated rings. The maximum Gasteiger partial charge on any atom is 0.115 e. The number of nitrogens with one attached hydrogen (secondary N) is 1. The van der Waals surface area contributed by atoms with E-state index in [1.807, 2.05) is 6.07 Å². The highest BCUT2D eigenvalue weighted by Crippen LogP contribution is 2.21. The fraction of sp³-hybridized carbons (Fsp3) is 0.538. The zero-order chi connectivity index (χ0) is 12.1. The third kappa shape index (κ3) is 3.80. The zero-order valence-electron chi connectivity index (χ0n) is 10.1. The summed E-state index contributed by atoms with van der Waals surface area (Å²) < 4.78 is 1.04. The smallest absolute Gasteiger partial charge is 0.115 e. The minimum Gasteiger partial charge on any atom is -0.508 e. The van der Waals surface area contributed by atoms with Crippen LogP contribution in [0.25, 0.3) is 0 Å². The van der Waals surface area contributed by atoms with Crippen molar-refractivity contribution >= 4 is 15.9 Å². The maximum atomic E-state index is 9.41. The normalized spacial score (nSPS) is 14.8. The van der Waals surface area contributed by atoms with Crippen LogP contribution in [0.15, 0.2) is 22.7 Å². The van der Waals surface area contributed by atoms with Gasteiger partial charge in [-0.15, -0.1) is 0 Å². The summed E-state index contributed by atoms with van der Waals surface area (Å²) in [5.74, 6) is 0.979. The Morgan fingerprint density at radius 1 is 1.38 bits per heavy atom. The molecule has 0 aliphatic rings. The summed E-state index contributed by atoms with van der Waals surface area (Å²) in [5, 5.41) is 12.9. The van der Waals surface area contributed by atoms with Crippen LogP contribution < -0.4 is 5.32 Å². The van der Waals surface area contributed by atoms with Gasteiger partial charge in [-0.1, -0.05) is 36.2 Å². The zero-order valence-corrected chi connectivity index (χ0v) is 11.7. The van der Waals surface area contributed by atoms with Gasteiger partial charge in [0.2, 0.25) is 0 Å². The quantitative estimate of drug-likeness (QED) is 0.865. The van der Waals surface area contributed by atoms with Crippen LogP contribution in [0, 0.1) is 5.92 Å². The van der Waals surface area contributed by atoms with Crippen LogP contribution in [-0.4, -0.2) is 11.1 Å². The molecule has 1 aromatic carbocycles. The Labute approximate surface area is 106 Å². The fourth-order valence-electron chi connectivity index (χ4n) is 1.52. The molecular formula is C13H20BrNO. The van der Waals surface area contributed by atoms with Crippen LogP contribution in [0.1, 0.15) is 32.8 Å². The minimum atomic E-state index is 0.316. The van der Waals surface area contributed by atoms with Crippen LogP contribution >= 0.6 is 15.9 Å². The number of hydrogen-bond acceptors (Lipinski definition) is 2. The molecule has 1 aromatic rings. The van der Waals surface area contributed by atoms with Crippen LogP contribution in [0.4, 0.5) is 0 Å². The van der Waals surface area contributed by atoms with Gasteiger partial charge in [-0.05, 0) is 36.6 Å². The first kappa shape index (κ1) is 13.5. The van der Waals surface area contributed by atoms with Crippen molar-refractivity contribution in [2.24, 2.45) is 5.92 Å². The number of hydrogen-bond donors (Lipinski definition) is 2. The summed E-state index contributed by atoms with van der Waals surface area (Å²) in [5.41, 5.74) is 1.09. The van der Waals surface area contributed by atoms with Crippen molar-refractivity contribution in [3.05, 3.63) is 28.2 Å². The van der Waals surface area contributed by atoms with Crippen LogP contribution in [0.3, 0.4) is 0 Å². The molecular weight excluding hydrogens is 266 g/mol. The lowest BCUT2D eigenvalue weighted by Gasteiger charge is -2.20. The fourth-order valence-corrected chi connectivity index (χ4v) is 1.91. The molecule has 0 bridgehead atoms. The van der Waals surface area contributed by atoms with Crippen LogP contribution in [0.5, 0.6) is 5.75 Å². The molecule has 0 saturated heterocycles. The number of rotatable bonds is 5. The summed E-state index contributed by atoms with van der Waals surface area (Å²) in [7, 11) is 0. The van der Waals surface area contributed by atoms with Gasteiger partial charge in [0.05, 0.1) is 0 Å². The molecule has 1 rings (SSSR count). The molecule has 2 N–H and O–H groups in total. The second-order valence-corrected chi connectivity index (χ2v) is 5.19. The van der Waals surface area contributed by atoms with E-state index in [1.165, 1.54) is 6.42 Å². The van der Waals surface area contributed by atoms with Gasteiger partial charge in [-0.3, -0.25) is 0 Å². The average molecular weight is 286 g/mol. The van der Waals surface area contributed by atoms with Crippen molar-refractivity contribution in [3.8, 4) is 5.75 Å². The van der Waals surface area contributed by atoms with Gasteiger partial charge < -0.3 is 10.4 Å². The molecule has 2 unspecified atom stereocenters. The van der Waals surface area contributed by atoms with E-state index in [9.17, 15) is 5.11 Å². The molecule has 16 heavy (non-hydrogen) atoms. The lowest BCUT2D eigenvalue weighted by molar-refractivity contribution is 0.389. The van der Waals surface area contributed by atoms with Gasteiger partial charge in [-0.25, -0.2) is 0 Å². The molecule has 0 aromatic heterocycles. The Balaban J connectivity index is 2.57. The summed E-state index contributed by atoms with van der Waals surface area (Å²) >= 11 is 3.48. The Morgan fingerprint density at radius 3 is 2.69 bits per heavy atom. The number of aromatic hydroxyl groups is 1. The molecule has 0 spiro atoms. The highest BCUT2D eigenvalue weighted by molar-refractivity contribution is 9.10. The Kier molecular flexibility index (Phi) is 5.29. The molecule has 0 amide bonds. The Morgan fingerprint density at radius 2 is 2.06 bits per heavy atom. The SMILES string of the molecule is CCC(C)C(C)NCc1cc(O)ccc1Br. The van der Waals surface area contributed by atoms with Gasteiger partial charge in [0.25, 0.3) is 0 Å². The second-order valence-electron chi connectivity index (χ2n) is 4.33. The summed E-state index contributed by atoms with van der Waals surface area (Å²) in [6.45, 7) is 7.42. The van der Waals surface area contributed by atoms with E-state index < -0.39 is 0 Å². The highest BCUT2D eigenvalue weighted by Gasteiger charge is 2.10. The third-order valence-electron chi connectivity index (χ3n) is 3.14. The van der Waals surface area contributed by atoms with E-state index in [0.29, 0.717) is 17.7 Å². The standard InChI is InChI=1S/C13H20BrNO/c1-4-9(2)10(3)15-8-11-7-12(16)5-6-13(11)14/h5-7,9-10,15-16H,4,8H2,1-3H3. The van der Waals surface area contributed by atoms with Gasteiger partial charge in [0, 0.05) is 17.1 Å². The molecule has 90 valence electrons. The second kappa shape index (κ2) is 6.26. The maximum absolute atomic E-state index is 9.41. The molecule has 0 aliphatic carbocycles. The predicted molar refractivity (Wildman–Crippen MR) is 71.6 cm³/mol. The molecule has 2 atom stereocenters. The number of benzene rings is 1. The van der Waals surface area contributed by atoms with Crippen molar-refractivity contribution in [3.63, 3.8) is 0 Å². The molecule has 0 aliphatic heterocycles. The Hall–Kier alpha value is -0.540.